The lowest BCUT2D eigenvalue weighted by Crippen LogP contribution is -2.56. The first-order chi connectivity index (χ1) is 15.4. The summed E-state index contributed by atoms with van der Waals surface area (Å²) < 4.78 is 13.1. The Morgan fingerprint density at radius 1 is 1.19 bits per heavy atom. The molecule has 168 valence electrons. The van der Waals surface area contributed by atoms with Gasteiger partial charge < -0.3 is 23.5 Å². The molecule has 1 saturated heterocycles. The largest absolute Gasteiger partial charge is 0.448 e. The summed E-state index contributed by atoms with van der Waals surface area (Å²) in [6.07, 6.45) is 1.63. The molecular weight excluding hydrogens is 406 g/mol. The second-order valence-corrected chi connectivity index (χ2v) is 8.42. The lowest BCUT2D eigenvalue weighted by atomic mass is 10.1. The van der Waals surface area contributed by atoms with Crippen molar-refractivity contribution in [2.75, 3.05) is 26.2 Å². The first kappa shape index (κ1) is 21.9. The molecule has 7 nitrogen and oxygen atoms in total. The van der Waals surface area contributed by atoms with Gasteiger partial charge in [-0.15, -0.1) is 0 Å². The number of carbonyl (C=O) groups excluding carboxylic acids is 2. The van der Waals surface area contributed by atoms with Crippen LogP contribution in [-0.4, -0.2) is 58.5 Å². The van der Waals surface area contributed by atoms with E-state index in [2.05, 4.69) is 6.58 Å². The SMILES string of the molecule is C=C(C)Cn1c(C(=O)N2CCN(C(=O)COCc3ccccc3)C(C)C2)cc2ccoc21. The van der Waals surface area contributed by atoms with Crippen LogP contribution in [0, 0.1) is 0 Å². The van der Waals surface area contributed by atoms with Gasteiger partial charge in [0.25, 0.3) is 5.91 Å². The number of hydrogen-bond acceptors (Lipinski definition) is 4. The highest BCUT2D eigenvalue weighted by molar-refractivity contribution is 5.98. The summed E-state index contributed by atoms with van der Waals surface area (Å²) in [5.41, 5.74) is 3.23. The number of furan rings is 1. The summed E-state index contributed by atoms with van der Waals surface area (Å²) >= 11 is 0. The van der Waals surface area contributed by atoms with Crippen molar-refractivity contribution in [2.24, 2.45) is 0 Å². The third kappa shape index (κ3) is 4.62. The van der Waals surface area contributed by atoms with E-state index in [4.69, 9.17) is 9.15 Å². The first-order valence-electron chi connectivity index (χ1n) is 10.9. The third-order valence-corrected chi connectivity index (χ3v) is 5.72. The number of carbonyl (C=O) groups is 2. The fraction of sp³-hybridized carbons (Fsp3) is 0.360. The smallest absolute Gasteiger partial charge is 0.270 e. The number of piperazine rings is 1. The zero-order chi connectivity index (χ0) is 22.7. The second kappa shape index (κ2) is 9.44. The molecule has 32 heavy (non-hydrogen) atoms. The van der Waals surface area contributed by atoms with Crippen LogP contribution in [-0.2, 0) is 22.7 Å². The highest BCUT2D eigenvalue weighted by Crippen LogP contribution is 2.24. The number of allylic oxidation sites excluding steroid dienone is 1. The van der Waals surface area contributed by atoms with E-state index in [1.807, 2.05) is 65.8 Å². The van der Waals surface area contributed by atoms with E-state index in [0.717, 1.165) is 16.5 Å². The number of fused-ring (bicyclic) bond motifs is 1. The number of ether oxygens (including phenoxy) is 1. The summed E-state index contributed by atoms with van der Waals surface area (Å²) in [6.45, 7) is 10.3. The van der Waals surface area contributed by atoms with Crippen molar-refractivity contribution >= 4 is 22.9 Å². The lowest BCUT2D eigenvalue weighted by molar-refractivity contribution is -0.140. The quantitative estimate of drug-likeness (QED) is 0.531. The molecule has 0 radical (unpaired) electrons. The van der Waals surface area contributed by atoms with Gasteiger partial charge in [-0.2, -0.15) is 0 Å². The minimum atomic E-state index is -0.0897. The second-order valence-electron chi connectivity index (χ2n) is 8.42. The van der Waals surface area contributed by atoms with Gasteiger partial charge in [0, 0.05) is 37.6 Å². The Balaban J connectivity index is 1.37. The van der Waals surface area contributed by atoms with Gasteiger partial charge in [-0.3, -0.25) is 9.59 Å². The van der Waals surface area contributed by atoms with E-state index in [0.29, 0.717) is 44.2 Å². The van der Waals surface area contributed by atoms with Crippen molar-refractivity contribution in [3.05, 3.63) is 72.1 Å². The summed E-state index contributed by atoms with van der Waals surface area (Å²) in [7, 11) is 0. The zero-order valence-corrected chi connectivity index (χ0v) is 18.6. The monoisotopic (exact) mass is 435 g/mol. The lowest BCUT2D eigenvalue weighted by Gasteiger charge is -2.39. The predicted octanol–water partition coefficient (Wildman–Crippen LogP) is 3.70. The van der Waals surface area contributed by atoms with Crippen LogP contribution in [0.1, 0.15) is 29.9 Å². The summed E-state index contributed by atoms with van der Waals surface area (Å²) in [4.78, 5) is 29.6. The Labute approximate surface area is 187 Å². The van der Waals surface area contributed by atoms with Crippen LogP contribution in [0.25, 0.3) is 11.1 Å². The van der Waals surface area contributed by atoms with Crippen LogP contribution >= 0.6 is 0 Å². The summed E-state index contributed by atoms with van der Waals surface area (Å²) in [5, 5.41) is 0.895. The molecule has 0 spiro atoms. The summed E-state index contributed by atoms with van der Waals surface area (Å²) in [5.74, 6) is -0.111. The highest BCUT2D eigenvalue weighted by atomic mass is 16.5. The number of nitrogens with zero attached hydrogens (tertiary/aromatic N) is 3. The molecule has 0 bridgehead atoms. The van der Waals surface area contributed by atoms with E-state index >= 15 is 0 Å². The van der Waals surface area contributed by atoms with Gasteiger partial charge >= 0.3 is 0 Å². The molecule has 1 unspecified atom stereocenters. The number of hydrogen-bond donors (Lipinski definition) is 0. The molecule has 2 amide bonds. The van der Waals surface area contributed by atoms with Gasteiger partial charge in [0.1, 0.15) is 12.3 Å². The molecule has 3 aromatic rings. The van der Waals surface area contributed by atoms with E-state index in [9.17, 15) is 9.59 Å². The van der Waals surface area contributed by atoms with Crippen molar-refractivity contribution in [2.45, 2.75) is 33.0 Å². The maximum atomic E-state index is 13.3. The van der Waals surface area contributed by atoms with E-state index in [1.54, 1.807) is 11.2 Å². The number of aromatic nitrogens is 1. The van der Waals surface area contributed by atoms with Gasteiger partial charge in [0.2, 0.25) is 11.6 Å². The Hall–Kier alpha value is -3.32. The van der Waals surface area contributed by atoms with Crippen molar-refractivity contribution in [1.29, 1.82) is 0 Å². The Kier molecular flexibility index (Phi) is 6.46. The Morgan fingerprint density at radius 2 is 1.97 bits per heavy atom. The molecule has 1 fully saturated rings. The predicted molar refractivity (Wildman–Crippen MR) is 122 cm³/mol. The normalized spacial score (nSPS) is 16.5. The number of rotatable bonds is 7. The topological polar surface area (TPSA) is 67.9 Å². The van der Waals surface area contributed by atoms with Crippen LogP contribution < -0.4 is 0 Å². The molecule has 1 aliphatic heterocycles. The molecule has 2 aromatic heterocycles. The maximum absolute atomic E-state index is 13.3. The van der Waals surface area contributed by atoms with E-state index in [1.165, 1.54) is 0 Å². The molecule has 1 aromatic carbocycles. The van der Waals surface area contributed by atoms with Crippen LogP contribution in [0.2, 0.25) is 0 Å². The molecule has 1 atom stereocenters. The Bertz CT molecular complexity index is 1110. The van der Waals surface area contributed by atoms with Crippen LogP contribution in [0.5, 0.6) is 0 Å². The molecule has 4 rings (SSSR count). The standard InChI is InChI=1S/C25H29N3O4/c1-18(2)14-28-22(13-21-9-12-32-25(21)28)24(30)26-10-11-27(19(3)15-26)23(29)17-31-16-20-7-5-4-6-8-20/h4-9,12-13,19H,1,10-11,14-17H2,2-3H3. The van der Waals surface area contributed by atoms with Crippen molar-refractivity contribution in [3.63, 3.8) is 0 Å². The fourth-order valence-corrected chi connectivity index (χ4v) is 4.17. The average Bonchev–Trinajstić information content (AvgIpc) is 3.36. The molecule has 0 N–H and O–H groups in total. The highest BCUT2D eigenvalue weighted by Gasteiger charge is 2.31. The minimum Gasteiger partial charge on any atom is -0.448 e. The van der Waals surface area contributed by atoms with Gasteiger partial charge in [0.15, 0.2) is 0 Å². The molecular formula is C25H29N3O4. The molecule has 1 aliphatic rings. The van der Waals surface area contributed by atoms with Crippen molar-refractivity contribution < 1.29 is 18.7 Å². The molecule has 3 heterocycles. The Morgan fingerprint density at radius 3 is 2.69 bits per heavy atom. The average molecular weight is 436 g/mol. The van der Waals surface area contributed by atoms with Crippen LogP contribution in [0.3, 0.4) is 0 Å². The maximum Gasteiger partial charge on any atom is 0.270 e. The fourth-order valence-electron chi connectivity index (χ4n) is 4.17. The van der Waals surface area contributed by atoms with Crippen LogP contribution in [0.15, 0.2) is 65.3 Å². The van der Waals surface area contributed by atoms with Gasteiger partial charge in [-0.1, -0.05) is 42.5 Å². The molecule has 0 aliphatic carbocycles. The van der Waals surface area contributed by atoms with Gasteiger partial charge in [-0.05, 0) is 31.5 Å². The van der Waals surface area contributed by atoms with E-state index < -0.39 is 0 Å². The number of benzene rings is 1. The molecule has 7 heteroatoms. The van der Waals surface area contributed by atoms with Gasteiger partial charge in [-0.25, -0.2) is 0 Å². The molecule has 0 saturated carbocycles. The van der Waals surface area contributed by atoms with E-state index in [-0.39, 0.29) is 24.5 Å². The zero-order valence-electron chi connectivity index (χ0n) is 18.6. The number of amides is 2. The first-order valence-corrected chi connectivity index (χ1v) is 10.9. The third-order valence-electron chi connectivity index (χ3n) is 5.72. The van der Waals surface area contributed by atoms with Crippen molar-refractivity contribution in [3.8, 4) is 0 Å². The van der Waals surface area contributed by atoms with Gasteiger partial charge in [0.05, 0.1) is 12.9 Å². The van der Waals surface area contributed by atoms with Crippen molar-refractivity contribution in [1.82, 2.24) is 14.4 Å². The summed E-state index contributed by atoms with van der Waals surface area (Å²) in [6, 6.07) is 13.4. The van der Waals surface area contributed by atoms with Crippen LogP contribution in [0.4, 0.5) is 0 Å². The minimum absolute atomic E-state index is 0.0328.